The molecule has 1 heterocycles. The van der Waals surface area contributed by atoms with E-state index in [0.717, 1.165) is 0 Å². The van der Waals surface area contributed by atoms with Gasteiger partial charge in [-0.15, -0.1) is 0 Å². The molecule has 3 N–H and O–H groups in total. The number of nitrogens with two attached hydrogens (primary N) is 1. The number of aryl methyl sites for hydroxylation is 1. The van der Waals surface area contributed by atoms with Crippen LogP contribution < -0.4 is 10.5 Å². The Labute approximate surface area is 105 Å². The molecule has 0 aliphatic carbocycles. The Morgan fingerprint density at radius 3 is 2.50 bits per heavy atom. The Kier molecular flexibility index (Phi) is 3.24. The second-order valence-electron chi connectivity index (χ2n) is 3.94. The normalized spacial score (nSPS) is 11.4. The first kappa shape index (κ1) is 12.4. The van der Waals surface area contributed by atoms with Crippen LogP contribution in [0.4, 0.5) is 11.5 Å². The number of anilines is 2. The smallest absolute Gasteiger partial charge is 0.238 e. The van der Waals surface area contributed by atoms with Crippen molar-refractivity contribution < 1.29 is 8.42 Å². The van der Waals surface area contributed by atoms with Crippen molar-refractivity contribution in [2.45, 2.75) is 5.75 Å². The molecule has 2 aromatic rings. The maximum absolute atomic E-state index is 11.9. The van der Waals surface area contributed by atoms with Gasteiger partial charge >= 0.3 is 0 Å². The minimum absolute atomic E-state index is 0.0988. The molecular formula is C11H14N4O2S. The van der Waals surface area contributed by atoms with E-state index < -0.39 is 10.0 Å². The Bertz CT molecular complexity index is 631. The Hall–Kier alpha value is -2.02. The van der Waals surface area contributed by atoms with Crippen molar-refractivity contribution >= 4 is 21.5 Å². The van der Waals surface area contributed by atoms with E-state index in [9.17, 15) is 8.42 Å². The molecule has 0 radical (unpaired) electrons. The second kappa shape index (κ2) is 4.69. The molecule has 7 heteroatoms. The Morgan fingerprint density at radius 2 is 1.94 bits per heavy atom. The van der Waals surface area contributed by atoms with Gasteiger partial charge in [0.15, 0.2) is 0 Å². The molecule has 0 atom stereocenters. The zero-order chi connectivity index (χ0) is 13.2. The topological polar surface area (TPSA) is 90.0 Å². The maximum Gasteiger partial charge on any atom is 0.238 e. The van der Waals surface area contributed by atoms with Gasteiger partial charge in [0.25, 0.3) is 0 Å². The van der Waals surface area contributed by atoms with E-state index in [1.165, 1.54) is 10.9 Å². The van der Waals surface area contributed by atoms with E-state index in [4.69, 9.17) is 5.73 Å². The van der Waals surface area contributed by atoms with Gasteiger partial charge in [0.05, 0.1) is 11.9 Å². The van der Waals surface area contributed by atoms with E-state index >= 15 is 0 Å². The predicted molar refractivity (Wildman–Crippen MR) is 70.3 cm³/mol. The van der Waals surface area contributed by atoms with Gasteiger partial charge in [0.2, 0.25) is 10.0 Å². The highest BCUT2D eigenvalue weighted by molar-refractivity contribution is 7.91. The highest BCUT2D eigenvalue weighted by Gasteiger charge is 2.13. The number of benzene rings is 1. The molecule has 0 fully saturated rings. The molecular weight excluding hydrogens is 252 g/mol. The lowest BCUT2D eigenvalue weighted by atomic mass is 10.2. The average molecular weight is 266 g/mol. The summed E-state index contributed by atoms with van der Waals surface area (Å²) in [6.45, 7) is 0. The fourth-order valence-electron chi connectivity index (χ4n) is 1.50. The molecule has 96 valence electrons. The summed E-state index contributed by atoms with van der Waals surface area (Å²) in [5, 5.41) is 3.89. The summed E-state index contributed by atoms with van der Waals surface area (Å²) < 4.78 is 27.8. The van der Waals surface area contributed by atoms with Crippen LogP contribution in [0.3, 0.4) is 0 Å². The van der Waals surface area contributed by atoms with Gasteiger partial charge in [-0.1, -0.05) is 12.1 Å². The van der Waals surface area contributed by atoms with Crippen molar-refractivity contribution in [3.63, 3.8) is 0 Å². The molecule has 0 aliphatic heterocycles. The van der Waals surface area contributed by atoms with Crippen LogP contribution in [0, 0.1) is 0 Å². The van der Waals surface area contributed by atoms with Gasteiger partial charge in [-0.25, -0.2) is 8.42 Å². The summed E-state index contributed by atoms with van der Waals surface area (Å²) >= 11 is 0. The first-order valence-electron chi connectivity index (χ1n) is 5.29. The second-order valence-corrected chi connectivity index (χ2v) is 5.67. The van der Waals surface area contributed by atoms with Gasteiger partial charge in [-0.05, 0) is 17.7 Å². The van der Waals surface area contributed by atoms with E-state index in [-0.39, 0.29) is 5.75 Å². The quantitative estimate of drug-likeness (QED) is 0.806. The third-order valence-electron chi connectivity index (χ3n) is 2.42. The zero-order valence-corrected chi connectivity index (χ0v) is 10.7. The number of sulfonamides is 1. The standard InChI is InChI=1S/C11H14N4O2S/c1-15-11(6-7-13-15)14-18(16,17)8-9-2-4-10(12)5-3-9/h2-7,14H,8,12H2,1H3. The van der Waals surface area contributed by atoms with Crippen molar-refractivity contribution in [3.05, 3.63) is 42.1 Å². The molecule has 0 saturated carbocycles. The number of nitrogens with zero attached hydrogens (tertiary/aromatic N) is 2. The molecule has 0 unspecified atom stereocenters. The van der Waals surface area contributed by atoms with Crippen molar-refractivity contribution in [3.8, 4) is 0 Å². The van der Waals surface area contributed by atoms with Crippen molar-refractivity contribution in [1.82, 2.24) is 9.78 Å². The van der Waals surface area contributed by atoms with Gasteiger partial charge in [-0.3, -0.25) is 9.40 Å². The van der Waals surface area contributed by atoms with Gasteiger partial charge in [0.1, 0.15) is 5.82 Å². The van der Waals surface area contributed by atoms with E-state index in [1.807, 2.05) is 0 Å². The lowest BCUT2D eigenvalue weighted by Gasteiger charge is -2.08. The lowest BCUT2D eigenvalue weighted by Crippen LogP contribution is -2.17. The largest absolute Gasteiger partial charge is 0.399 e. The monoisotopic (exact) mass is 266 g/mol. The molecule has 1 aromatic heterocycles. The van der Waals surface area contributed by atoms with Crippen molar-refractivity contribution in [1.29, 1.82) is 0 Å². The predicted octanol–water partition coefficient (Wildman–Crippen LogP) is 0.944. The number of hydrogen-bond donors (Lipinski definition) is 2. The fraction of sp³-hybridized carbons (Fsp3) is 0.182. The zero-order valence-electron chi connectivity index (χ0n) is 9.87. The molecule has 0 aliphatic rings. The third kappa shape index (κ3) is 3.01. The van der Waals surface area contributed by atoms with Gasteiger partial charge < -0.3 is 5.73 Å². The molecule has 0 spiro atoms. The third-order valence-corrected chi connectivity index (χ3v) is 3.65. The van der Waals surface area contributed by atoms with Crippen LogP contribution >= 0.6 is 0 Å². The highest BCUT2D eigenvalue weighted by Crippen LogP contribution is 2.12. The number of rotatable bonds is 4. The van der Waals surface area contributed by atoms with Gasteiger partial charge in [-0.2, -0.15) is 5.10 Å². The minimum atomic E-state index is -3.44. The highest BCUT2D eigenvalue weighted by atomic mass is 32.2. The summed E-state index contributed by atoms with van der Waals surface area (Å²) in [4.78, 5) is 0. The van der Waals surface area contributed by atoms with Crippen LogP contribution in [0.15, 0.2) is 36.5 Å². The van der Waals surface area contributed by atoms with Crippen LogP contribution in [0.2, 0.25) is 0 Å². The SMILES string of the molecule is Cn1nccc1NS(=O)(=O)Cc1ccc(N)cc1. The summed E-state index contributed by atoms with van der Waals surface area (Å²) in [6.07, 6.45) is 1.53. The van der Waals surface area contributed by atoms with Gasteiger partial charge in [0, 0.05) is 18.8 Å². The van der Waals surface area contributed by atoms with Crippen LogP contribution in [0.1, 0.15) is 5.56 Å². The van der Waals surface area contributed by atoms with Crippen LogP contribution in [-0.2, 0) is 22.8 Å². The molecule has 18 heavy (non-hydrogen) atoms. The van der Waals surface area contributed by atoms with Crippen molar-refractivity contribution in [2.24, 2.45) is 7.05 Å². The summed E-state index contributed by atoms with van der Waals surface area (Å²) in [7, 11) is -1.78. The Morgan fingerprint density at radius 1 is 1.28 bits per heavy atom. The van der Waals surface area contributed by atoms with Crippen LogP contribution in [0.5, 0.6) is 0 Å². The number of nitrogens with one attached hydrogen (secondary N) is 1. The van der Waals surface area contributed by atoms with Crippen molar-refractivity contribution in [2.75, 3.05) is 10.5 Å². The minimum Gasteiger partial charge on any atom is -0.399 e. The number of nitrogen functional groups attached to an aromatic ring is 1. The molecule has 2 rings (SSSR count). The first-order chi connectivity index (χ1) is 8.46. The van der Waals surface area contributed by atoms with E-state index in [0.29, 0.717) is 17.1 Å². The number of hydrogen-bond acceptors (Lipinski definition) is 4. The van der Waals surface area contributed by atoms with Crippen LogP contribution in [0.25, 0.3) is 0 Å². The summed E-state index contributed by atoms with van der Waals surface area (Å²) in [6, 6.07) is 8.33. The maximum atomic E-state index is 11.9. The lowest BCUT2D eigenvalue weighted by molar-refractivity contribution is 0.599. The Balaban J connectivity index is 2.13. The molecule has 0 amide bonds. The summed E-state index contributed by atoms with van der Waals surface area (Å²) in [5.74, 6) is 0.337. The molecule has 0 bridgehead atoms. The number of aromatic nitrogens is 2. The first-order valence-corrected chi connectivity index (χ1v) is 6.94. The van der Waals surface area contributed by atoms with Crippen LogP contribution in [-0.4, -0.2) is 18.2 Å². The fourth-order valence-corrected chi connectivity index (χ4v) is 2.73. The summed E-state index contributed by atoms with van der Waals surface area (Å²) in [5.41, 5.74) is 6.83. The average Bonchev–Trinajstić information content (AvgIpc) is 2.67. The van der Waals surface area contributed by atoms with E-state index in [1.54, 1.807) is 37.4 Å². The molecule has 1 aromatic carbocycles. The molecule has 0 saturated heterocycles. The molecule has 6 nitrogen and oxygen atoms in total. The van der Waals surface area contributed by atoms with E-state index in [2.05, 4.69) is 9.82 Å².